The molecule has 0 fully saturated rings. The summed E-state index contributed by atoms with van der Waals surface area (Å²) in [5, 5.41) is 27.0. The topological polar surface area (TPSA) is 52.5 Å². The molecule has 0 radical (unpaired) electrons. The van der Waals surface area contributed by atoms with Crippen LogP contribution in [0.5, 0.6) is 0 Å². The largest absolute Gasteiger partial charge is 0.368 e. The van der Waals surface area contributed by atoms with Gasteiger partial charge in [-0.25, -0.2) is 0 Å². The van der Waals surface area contributed by atoms with E-state index in [2.05, 4.69) is 35.6 Å². The lowest BCUT2D eigenvalue weighted by atomic mass is 9.96. The van der Waals surface area contributed by atoms with E-state index >= 15 is 0 Å². The monoisotopic (exact) mass is 329 g/mol. The standard InChI is InChI=1S/C22H19NO2/c24-21(25)14-16-11-12-19-18-9-5-4-6-15(18)10-13-20(19)22(16)23-17-7-2-1-3-8-17/h1-13,21,23-25H,14H2. The number of anilines is 2. The Labute approximate surface area is 146 Å². The highest BCUT2D eigenvalue weighted by Gasteiger charge is 2.12. The second-order valence-electron chi connectivity index (χ2n) is 6.16. The van der Waals surface area contributed by atoms with Gasteiger partial charge in [-0.05, 0) is 33.9 Å². The van der Waals surface area contributed by atoms with Crippen molar-refractivity contribution in [2.24, 2.45) is 0 Å². The third-order valence-corrected chi connectivity index (χ3v) is 4.46. The molecule has 0 saturated heterocycles. The lowest BCUT2D eigenvalue weighted by molar-refractivity contribution is -0.0380. The second kappa shape index (κ2) is 6.55. The number of para-hydroxylation sites is 1. The molecular formula is C22H19NO2. The van der Waals surface area contributed by atoms with E-state index in [1.807, 2.05) is 48.5 Å². The molecule has 3 nitrogen and oxygen atoms in total. The minimum Gasteiger partial charge on any atom is -0.368 e. The predicted molar refractivity (Wildman–Crippen MR) is 103 cm³/mol. The van der Waals surface area contributed by atoms with Gasteiger partial charge in [0.25, 0.3) is 0 Å². The van der Waals surface area contributed by atoms with E-state index < -0.39 is 6.29 Å². The number of aliphatic hydroxyl groups is 2. The van der Waals surface area contributed by atoms with Crippen LogP contribution >= 0.6 is 0 Å². The van der Waals surface area contributed by atoms with Gasteiger partial charge in [-0.2, -0.15) is 0 Å². The Morgan fingerprint density at radius 1 is 0.680 bits per heavy atom. The summed E-state index contributed by atoms with van der Waals surface area (Å²) in [5.74, 6) is 0. The third-order valence-electron chi connectivity index (χ3n) is 4.46. The van der Waals surface area contributed by atoms with Crippen molar-refractivity contribution in [3.8, 4) is 0 Å². The zero-order valence-electron chi connectivity index (χ0n) is 13.7. The summed E-state index contributed by atoms with van der Waals surface area (Å²) in [6.07, 6.45) is -1.20. The van der Waals surface area contributed by atoms with Crippen LogP contribution in [0.15, 0.2) is 78.9 Å². The van der Waals surface area contributed by atoms with Crippen LogP contribution in [0.1, 0.15) is 5.56 Å². The first kappa shape index (κ1) is 15.6. The van der Waals surface area contributed by atoms with Gasteiger partial charge in [0.1, 0.15) is 0 Å². The first-order valence-corrected chi connectivity index (χ1v) is 8.34. The maximum Gasteiger partial charge on any atom is 0.155 e. The maximum atomic E-state index is 9.47. The number of benzene rings is 4. The van der Waals surface area contributed by atoms with Gasteiger partial charge < -0.3 is 15.5 Å². The zero-order valence-corrected chi connectivity index (χ0v) is 13.7. The molecule has 0 saturated carbocycles. The Balaban J connectivity index is 1.95. The molecular weight excluding hydrogens is 310 g/mol. The number of rotatable bonds is 4. The van der Waals surface area contributed by atoms with Crippen LogP contribution in [0.25, 0.3) is 21.5 Å². The molecule has 0 bridgehead atoms. The first-order chi connectivity index (χ1) is 12.2. The average molecular weight is 329 g/mol. The quantitative estimate of drug-likeness (QED) is 0.379. The molecule has 0 heterocycles. The molecule has 4 aromatic carbocycles. The van der Waals surface area contributed by atoms with Gasteiger partial charge >= 0.3 is 0 Å². The van der Waals surface area contributed by atoms with Crippen molar-refractivity contribution >= 4 is 32.9 Å². The fourth-order valence-electron chi connectivity index (χ4n) is 3.31. The Morgan fingerprint density at radius 3 is 2.20 bits per heavy atom. The summed E-state index contributed by atoms with van der Waals surface area (Å²) in [5.41, 5.74) is 2.76. The van der Waals surface area contributed by atoms with Gasteiger partial charge in [-0.3, -0.25) is 0 Å². The Morgan fingerprint density at radius 2 is 1.40 bits per heavy atom. The lowest BCUT2D eigenvalue weighted by Gasteiger charge is -2.17. The van der Waals surface area contributed by atoms with Crippen molar-refractivity contribution in [2.45, 2.75) is 12.7 Å². The molecule has 0 aliphatic carbocycles. The average Bonchev–Trinajstić information content (AvgIpc) is 2.63. The molecule has 25 heavy (non-hydrogen) atoms. The van der Waals surface area contributed by atoms with E-state index in [0.29, 0.717) is 0 Å². The first-order valence-electron chi connectivity index (χ1n) is 8.34. The molecule has 0 aromatic heterocycles. The molecule has 0 atom stereocenters. The number of fused-ring (bicyclic) bond motifs is 3. The molecule has 3 heteroatoms. The molecule has 4 rings (SSSR count). The minimum atomic E-state index is -1.38. The van der Waals surface area contributed by atoms with E-state index in [-0.39, 0.29) is 6.42 Å². The Hall–Kier alpha value is -2.88. The number of nitrogens with one attached hydrogen (secondary N) is 1. The van der Waals surface area contributed by atoms with Crippen LogP contribution in [-0.2, 0) is 6.42 Å². The summed E-state index contributed by atoms with van der Waals surface area (Å²) in [6, 6.07) is 26.4. The SMILES string of the molecule is OC(O)Cc1ccc2c(ccc3ccccc32)c1Nc1ccccc1. The maximum absolute atomic E-state index is 9.47. The van der Waals surface area contributed by atoms with Crippen LogP contribution in [-0.4, -0.2) is 16.5 Å². The van der Waals surface area contributed by atoms with E-state index in [0.717, 1.165) is 27.7 Å². The summed E-state index contributed by atoms with van der Waals surface area (Å²) in [4.78, 5) is 0. The molecule has 0 amide bonds. The molecule has 0 spiro atoms. The van der Waals surface area contributed by atoms with Crippen LogP contribution in [0.4, 0.5) is 11.4 Å². The molecule has 0 unspecified atom stereocenters. The lowest BCUT2D eigenvalue weighted by Crippen LogP contribution is -2.10. The molecule has 0 aliphatic rings. The van der Waals surface area contributed by atoms with Gasteiger partial charge in [-0.15, -0.1) is 0 Å². The smallest absolute Gasteiger partial charge is 0.155 e. The van der Waals surface area contributed by atoms with Gasteiger partial charge in [0.2, 0.25) is 0 Å². The Kier molecular flexibility index (Phi) is 4.10. The normalized spacial score (nSPS) is 11.3. The summed E-state index contributed by atoms with van der Waals surface area (Å²) in [7, 11) is 0. The van der Waals surface area contributed by atoms with Gasteiger partial charge in [0.05, 0.1) is 0 Å². The summed E-state index contributed by atoms with van der Waals surface area (Å²) >= 11 is 0. The van der Waals surface area contributed by atoms with E-state index in [9.17, 15) is 10.2 Å². The number of hydrogen-bond donors (Lipinski definition) is 3. The van der Waals surface area contributed by atoms with Crippen molar-refractivity contribution in [3.63, 3.8) is 0 Å². The second-order valence-corrected chi connectivity index (χ2v) is 6.16. The van der Waals surface area contributed by atoms with Crippen LogP contribution < -0.4 is 5.32 Å². The van der Waals surface area contributed by atoms with E-state index in [1.165, 1.54) is 10.8 Å². The van der Waals surface area contributed by atoms with Crippen molar-refractivity contribution in [2.75, 3.05) is 5.32 Å². The van der Waals surface area contributed by atoms with Crippen LogP contribution in [0.3, 0.4) is 0 Å². The van der Waals surface area contributed by atoms with Gasteiger partial charge in [-0.1, -0.05) is 66.7 Å². The summed E-state index contributed by atoms with van der Waals surface area (Å²) in [6.45, 7) is 0. The minimum absolute atomic E-state index is 0.179. The highest BCUT2D eigenvalue weighted by Crippen LogP contribution is 2.35. The fraction of sp³-hybridized carbons (Fsp3) is 0.0909. The van der Waals surface area contributed by atoms with E-state index in [1.54, 1.807) is 0 Å². The molecule has 4 aromatic rings. The van der Waals surface area contributed by atoms with Gasteiger partial charge in [0, 0.05) is 23.2 Å². The van der Waals surface area contributed by atoms with Crippen molar-refractivity contribution in [1.29, 1.82) is 0 Å². The third kappa shape index (κ3) is 3.07. The molecule has 3 N–H and O–H groups in total. The molecule has 124 valence electrons. The predicted octanol–water partition coefficient (Wildman–Crippen LogP) is 4.59. The number of hydrogen-bond acceptors (Lipinski definition) is 3. The number of aliphatic hydroxyl groups excluding tert-OH is 1. The highest BCUT2D eigenvalue weighted by atomic mass is 16.5. The van der Waals surface area contributed by atoms with Crippen molar-refractivity contribution in [3.05, 3.63) is 84.4 Å². The van der Waals surface area contributed by atoms with Crippen molar-refractivity contribution in [1.82, 2.24) is 0 Å². The molecule has 0 aliphatic heterocycles. The van der Waals surface area contributed by atoms with Crippen molar-refractivity contribution < 1.29 is 10.2 Å². The summed E-state index contributed by atoms with van der Waals surface area (Å²) < 4.78 is 0. The zero-order chi connectivity index (χ0) is 17.2. The van der Waals surface area contributed by atoms with E-state index in [4.69, 9.17) is 0 Å². The van der Waals surface area contributed by atoms with Crippen LogP contribution in [0.2, 0.25) is 0 Å². The van der Waals surface area contributed by atoms with Gasteiger partial charge in [0.15, 0.2) is 6.29 Å². The highest BCUT2D eigenvalue weighted by molar-refractivity contribution is 6.12. The van der Waals surface area contributed by atoms with Crippen LogP contribution in [0, 0.1) is 0 Å². The Bertz CT molecular complexity index is 1030. The fourth-order valence-corrected chi connectivity index (χ4v) is 3.31.